The van der Waals surface area contributed by atoms with Gasteiger partial charge in [0.25, 0.3) is 0 Å². The van der Waals surface area contributed by atoms with Crippen LogP contribution in [0.25, 0.3) is 0 Å². The van der Waals surface area contributed by atoms with Crippen molar-refractivity contribution >= 4 is 34.7 Å². The normalized spacial score (nSPS) is 10.3. The van der Waals surface area contributed by atoms with E-state index in [2.05, 4.69) is 10.3 Å². The number of carboxylic acids is 1. The third-order valence-corrected chi connectivity index (χ3v) is 3.53. The fourth-order valence-corrected chi connectivity index (χ4v) is 2.47. The van der Waals surface area contributed by atoms with Crippen LogP contribution in [0.2, 0.25) is 5.15 Å². The summed E-state index contributed by atoms with van der Waals surface area (Å²) in [6.45, 7) is 2.56. The number of rotatable bonds is 4. The SMILES string of the molecule is Cc1ccc(CNc2nc(Cl)ccc2C(=O)O)s1. The molecule has 0 aliphatic carbocycles. The quantitative estimate of drug-likeness (QED) is 0.844. The van der Waals surface area contributed by atoms with Crippen LogP contribution in [-0.4, -0.2) is 16.1 Å². The average molecular weight is 283 g/mol. The minimum absolute atomic E-state index is 0.118. The molecule has 0 saturated carbocycles. The van der Waals surface area contributed by atoms with E-state index in [0.717, 1.165) is 4.88 Å². The first kappa shape index (κ1) is 12.9. The van der Waals surface area contributed by atoms with Crippen molar-refractivity contribution in [3.8, 4) is 0 Å². The zero-order valence-corrected chi connectivity index (χ0v) is 11.2. The number of halogens is 1. The van der Waals surface area contributed by atoms with Crippen LogP contribution in [0.3, 0.4) is 0 Å². The molecule has 0 aromatic carbocycles. The highest BCUT2D eigenvalue weighted by Gasteiger charge is 2.12. The van der Waals surface area contributed by atoms with Crippen molar-refractivity contribution in [2.24, 2.45) is 0 Å². The Hall–Kier alpha value is -1.59. The maximum absolute atomic E-state index is 11.0. The number of carboxylic acid groups (broad SMARTS) is 1. The van der Waals surface area contributed by atoms with Gasteiger partial charge in [-0.15, -0.1) is 11.3 Å². The highest BCUT2D eigenvalue weighted by molar-refractivity contribution is 7.11. The van der Waals surface area contributed by atoms with Gasteiger partial charge in [0.05, 0.1) is 6.54 Å². The fourth-order valence-electron chi connectivity index (χ4n) is 1.49. The largest absolute Gasteiger partial charge is 0.478 e. The number of hydrogen-bond acceptors (Lipinski definition) is 4. The maximum atomic E-state index is 11.0. The number of thiophene rings is 1. The van der Waals surface area contributed by atoms with E-state index in [1.54, 1.807) is 11.3 Å². The van der Waals surface area contributed by atoms with Crippen molar-refractivity contribution < 1.29 is 9.90 Å². The molecule has 0 bridgehead atoms. The molecule has 0 unspecified atom stereocenters. The molecule has 0 aliphatic heterocycles. The molecule has 0 aliphatic rings. The van der Waals surface area contributed by atoms with Crippen molar-refractivity contribution in [1.82, 2.24) is 4.98 Å². The van der Waals surface area contributed by atoms with Gasteiger partial charge < -0.3 is 10.4 Å². The summed E-state index contributed by atoms with van der Waals surface area (Å²) in [4.78, 5) is 17.4. The second-order valence-corrected chi connectivity index (χ2v) is 5.46. The molecule has 18 heavy (non-hydrogen) atoms. The molecule has 2 rings (SSSR count). The third kappa shape index (κ3) is 3.00. The van der Waals surface area contributed by atoms with Gasteiger partial charge in [-0.3, -0.25) is 0 Å². The minimum atomic E-state index is -1.02. The number of aromatic nitrogens is 1. The number of aryl methyl sites for hydroxylation is 1. The molecule has 0 amide bonds. The first-order valence-electron chi connectivity index (χ1n) is 5.25. The lowest BCUT2D eigenvalue weighted by Gasteiger charge is -2.07. The summed E-state index contributed by atoms with van der Waals surface area (Å²) in [5.74, 6) is -0.731. The van der Waals surface area contributed by atoms with Crippen molar-refractivity contribution in [1.29, 1.82) is 0 Å². The van der Waals surface area contributed by atoms with E-state index in [4.69, 9.17) is 16.7 Å². The Bertz CT molecular complexity index is 583. The average Bonchev–Trinajstić information content (AvgIpc) is 2.72. The first-order valence-corrected chi connectivity index (χ1v) is 6.45. The van der Waals surface area contributed by atoms with Gasteiger partial charge in [-0.25, -0.2) is 9.78 Å². The van der Waals surface area contributed by atoms with E-state index in [9.17, 15) is 4.79 Å². The van der Waals surface area contributed by atoms with E-state index in [0.29, 0.717) is 12.4 Å². The van der Waals surface area contributed by atoms with Gasteiger partial charge in [-0.05, 0) is 31.2 Å². The van der Waals surface area contributed by atoms with E-state index in [-0.39, 0.29) is 10.7 Å². The lowest BCUT2D eigenvalue weighted by molar-refractivity contribution is 0.0697. The van der Waals surface area contributed by atoms with Gasteiger partial charge in [0.15, 0.2) is 0 Å². The molecule has 94 valence electrons. The van der Waals surface area contributed by atoms with Crippen molar-refractivity contribution in [3.05, 3.63) is 44.7 Å². The zero-order chi connectivity index (χ0) is 13.1. The van der Waals surface area contributed by atoms with Crippen LogP contribution < -0.4 is 5.32 Å². The lowest BCUT2D eigenvalue weighted by Crippen LogP contribution is -2.07. The number of anilines is 1. The van der Waals surface area contributed by atoms with Crippen molar-refractivity contribution in [3.63, 3.8) is 0 Å². The standard InChI is InChI=1S/C12H11ClN2O2S/c1-7-2-3-8(18-7)6-14-11-9(12(16)17)4-5-10(13)15-11/h2-5H,6H2,1H3,(H,14,15)(H,16,17). The monoisotopic (exact) mass is 282 g/mol. The number of nitrogens with zero attached hydrogens (tertiary/aromatic N) is 1. The predicted octanol–water partition coefficient (Wildman–Crippen LogP) is 3.42. The Balaban J connectivity index is 2.17. The second-order valence-electron chi connectivity index (χ2n) is 3.70. The molecule has 0 fully saturated rings. The van der Waals surface area contributed by atoms with Crippen LogP contribution in [0.4, 0.5) is 5.82 Å². The molecule has 2 aromatic rings. The Kier molecular flexibility index (Phi) is 3.84. The van der Waals surface area contributed by atoms with Gasteiger partial charge in [0.2, 0.25) is 0 Å². The van der Waals surface area contributed by atoms with Crippen LogP contribution in [-0.2, 0) is 6.54 Å². The first-order chi connectivity index (χ1) is 8.56. The number of pyridine rings is 1. The van der Waals surface area contributed by atoms with Crippen LogP contribution in [0.15, 0.2) is 24.3 Å². The highest BCUT2D eigenvalue weighted by Crippen LogP contribution is 2.20. The van der Waals surface area contributed by atoms with Crippen molar-refractivity contribution in [2.75, 3.05) is 5.32 Å². The third-order valence-electron chi connectivity index (χ3n) is 2.32. The maximum Gasteiger partial charge on any atom is 0.339 e. The zero-order valence-electron chi connectivity index (χ0n) is 9.61. The topological polar surface area (TPSA) is 62.2 Å². The molecule has 4 nitrogen and oxygen atoms in total. The van der Waals surface area contributed by atoms with Crippen LogP contribution in [0.1, 0.15) is 20.1 Å². The van der Waals surface area contributed by atoms with Gasteiger partial charge >= 0.3 is 5.97 Å². The minimum Gasteiger partial charge on any atom is -0.478 e. The molecule has 2 heterocycles. The summed E-state index contributed by atoms with van der Waals surface area (Å²) in [6.07, 6.45) is 0. The Morgan fingerprint density at radius 1 is 1.44 bits per heavy atom. The Morgan fingerprint density at radius 2 is 2.22 bits per heavy atom. The molecule has 2 aromatic heterocycles. The molecular formula is C12H11ClN2O2S. The summed E-state index contributed by atoms with van der Waals surface area (Å²) >= 11 is 7.42. The van der Waals surface area contributed by atoms with E-state index < -0.39 is 5.97 Å². The summed E-state index contributed by atoms with van der Waals surface area (Å²) in [6, 6.07) is 6.92. The molecule has 6 heteroatoms. The van der Waals surface area contributed by atoms with E-state index in [1.165, 1.54) is 17.0 Å². The molecular weight excluding hydrogens is 272 g/mol. The van der Waals surface area contributed by atoms with Crippen molar-refractivity contribution in [2.45, 2.75) is 13.5 Å². The van der Waals surface area contributed by atoms with Gasteiger partial charge in [0.1, 0.15) is 16.5 Å². The van der Waals surface area contributed by atoms with Crippen LogP contribution in [0, 0.1) is 6.92 Å². The fraction of sp³-hybridized carbons (Fsp3) is 0.167. The Morgan fingerprint density at radius 3 is 2.83 bits per heavy atom. The second kappa shape index (κ2) is 5.37. The smallest absolute Gasteiger partial charge is 0.339 e. The Labute approximate surface area is 113 Å². The van der Waals surface area contributed by atoms with E-state index in [1.807, 2.05) is 19.1 Å². The molecule has 0 radical (unpaired) electrons. The van der Waals surface area contributed by atoms with Gasteiger partial charge in [-0.1, -0.05) is 11.6 Å². The van der Waals surface area contributed by atoms with Crippen LogP contribution >= 0.6 is 22.9 Å². The van der Waals surface area contributed by atoms with Gasteiger partial charge in [-0.2, -0.15) is 0 Å². The number of aromatic carboxylic acids is 1. The molecule has 0 spiro atoms. The molecule has 0 atom stereocenters. The number of nitrogens with one attached hydrogen (secondary N) is 1. The molecule has 0 saturated heterocycles. The van der Waals surface area contributed by atoms with Gasteiger partial charge in [0, 0.05) is 9.75 Å². The predicted molar refractivity (Wildman–Crippen MR) is 72.6 cm³/mol. The molecule has 2 N–H and O–H groups in total. The highest BCUT2D eigenvalue weighted by atomic mass is 35.5. The summed E-state index contributed by atoms with van der Waals surface area (Å²) in [7, 11) is 0. The summed E-state index contributed by atoms with van der Waals surface area (Å²) in [5, 5.41) is 12.3. The summed E-state index contributed by atoms with van der Waals surface area (Å²) in [5.41, 5.74) is 0.118. The number of carbonyl (C=O) groups is 1. The van der Waals surface area contributed by atoms with E-state index >= 15 is 0 Å². The summed E-state index contributed by atoms with van der Waals surface area (Å²) < 4.78 is 0. The number of hydrogen-bond donors (Lipinski definition) is 2. The lowest BCUT2D eigenvalue weighted by atomic mass is 10.2. The van der Waals surface area contributed by atoms with Crippen LogP contribution in [0.5, 0.6) is 0 Å².